The highest BCUT2D eigenvalue weighted by Crippen LogP contribution is 2.36. The number of thiazole rings is 1. The molecule has 1 aliphatic rings. The van der Waals surface area contributed by atoms with E-state index in [1.54, 1.807) is 18.2 Å². The monoisotopic (exact) mass is 571 g/mol. The minimum absolute atomic E-state index is 0.0137. The quantitative estimate of drug-likeness (QED) is 0.486. The summed E-state index contributed by atoms with van der Waals surface area (Å²) >= 11 is 7.93. The number of nitriles is 1. The third-order valence-electron chi connectivity index (χ3n) is 5.05. The molecule has 0 saturated carbocycles. The highest BCUT2D eigenvalue weighted by atomic mass is 79.9. The van der Waals surface area contributed by atoms with Gasteiger partial charge in [-0.1, -0.05) is 56.1 Å². The van der Waals surface area contributed by atoms with Gasteiger partial charge in [0.1, 0.15) is 10.5 Å². The zero-order chi connectivity index (χ0) is 23.0. The maximum absolute atomic E-state index is 13.2. The van der Waals surface area contributed by atoms with E-state index in [1.807, 2.05) is 36.4 Å². The maximum Gasteiger partial charge on any atom is 0.337 e. The molecule has 0 radical (unpaired) electrons. The van der Waals surface area contributed by atoms with Crippen LogP contribution in [0.2, 0.25) is 0 Å². The normalized spacial score (nSPS) is 16.0. The summed E-state index contributed by atoms with van der Waals surface area (Å²) in [7, 11) is 1.27. The van der Waals surface area contributed by atoms with Crippen LogP contribution in [-0.4, -0.2) is 17.6 Å². The fourth-order valence-electron chi connectivity index (χ4n) is 3.55. The fraction of sp³-hybridized carbons (Fsp3) is 0.0870. The molecule has 2 N–H and O–H groups in total. The Balaban J connectivity index is 2.08. The number of carbonyl (C=O) groups excluding carboxylic acids is 1. The summed E-state index contributed by atoms with van der Waals surface area (Å²) in [5, 5.41) is 9.92. The van der Waals surface area contributed by atoms with Crippen molar-refractivity contribution in [3.8, 4) is 6.07 Å². The first kappa shape index (κ1) is 22.3. The van der Waals surface area contributed by atoms with Crippen LogP contribution in [0.5, 0.6) is 0 Å². The number of nitrogens with two attached hydrogens (primary N) is 1. The van der Waals surface area contributed by atoms with Crippen molar-refractivity contribution in [3.63, 3.8) is 0 Å². The molecule has 6 nitrogen and oxygen atoms in total. The van der Waals surface area contributed by atoms with Crippen LogP contribution in [0.1, 0.15) is 17.0 Å². The van der Waals surface area contributed by atoms with Gasteiger partial charge in [-0.25, -0.2) is 4.79 Å². The van der Waals surface area contributed by atoms with E-state index in [9.17, 15) is 14.9 Å². The number of benzene rings is 2. The third-order valence-corrected chi connectivity index (χ3v) is 7.21. The van der Waals surface area contributed by atoms with Crippen LogP contribution in [0.25, 0.3) is 17.5 Å². The largest absolute Gasteiger partial charge is 0.466 e. The number of carbonyl (C=O) groups is 1. The molecule has 0 saturated heterocycles. The Morgan fingerprint density at radius 2 is 1.75 bits per heavy atom. The first-order valence-corrected chi connectivity index (χ1v) is 11.7. The van der Waals surface area contributed by atoms with Gasteiger partial charge in [-0.3, -0.25) is 9.36 Å². The van der Waals surface area contributed by atoms with Crippen molar-refractivity contribution in [2.24, 2.45) is 5.73 Å². The third kappa shape index (κ3) is 3.86. The fourth-order valence-corrected chi connectivity index (χ4v) is 5.25. The number of hydrogen-bond donors (Lipinski definition) is 1. The van der Waals surface area contributed by atoms with Crippen LogP contribution < -0.4 is 20.5 Å². The lowest BCUT2D eigenvalue weighted by Gasteiger charge is -2.24. The van der Waals surface area contributed by atoms with Gasteiger partial charge in [0.05, 0.1) is 34.8 Å². The number of esters is 1. The summed E-state index contributed by atoms with van der Waals surface area (Å²) < 4.78 is 8.80. The van der Waals surface area contributed by atoms with Gasteiger partial charge in [0.25, 0.3) is 5.56 Å². The molecule has 0 bridgehead atoms. The summed E-state index contributed by atoms with van der Waals surface area (Å²) in [5.74, 6) is -1.36. The molecule has 3 aromatic rings. The Bertz CT molecular complexity index is 1480. The van der Waals surface area contributed by atoms with Gasteiger partial charge in [-0.05, 0) is 41.5 Å². The number of nitrogens with zero attached hydrogens (tertiary/aromatic N) is 2. The van der Waals surface area contributed by atoms with Gasteiger partial charge in [0.2, 0.25) is 0 Å². The summed E-state index contributed by atoms with van der Waals surface area (Å²) in [6.45, 7) is 0. The van der Waals surface area contributed by atoms with Crippen LogP contribution in [-0.2, 0) is 9.53 Å². The maximum atomic E-state index is 13.2. The molecule has 0 amide bonds. The molecule has 32 heavy (non-hydrogen) atoms. The van der Waals surface area contributed by atoms with Gasteiger partial charge in [0.15, 0.2) is 0 Å². The zero-order valence-corrected chi connectivity index (χ0v) is 20.6. The second-order valence-electron chi connectivity index (χ2n) is 6.91. The minimum Gasteiger partial charge on any atom is -0.466 e. The van der Waals surface area contributed by atoms with Crippen LogP contribution in [0.4, 0.5) is 0 Å². The van der Waals surface area contributed by atoms with E-state index >= 15 is 0 Å². The molecule has 160 valence electrons. The molecule has 0 aliphatic carbocycles. The Labute approximate surface area is 203 Å². The summed E-state index contributed by atoms with van der Waals surface area (Å²) in [6, 6.07) is 16.8. The number of aromatic nitrogens is 1. The molecule has 1 aliphatic heterocycles. The second-order valence-corrected chi connectivity index (χ2v) is 9.77. The molecule has 4 rings (SSSR count). The van der Waals surface area contributed by atoms with Gasteiger partial charge < -0.3 is 10.5 Å². The molecule has 2 aromatic carbocycles. The average Bonchev–Trinajstić information content (AvgIpc) is 3.11. The van der Waals surface area contributed by atoms with E-state index in [-0.39, 0.29) is 17.0 Å². The molecule has 1 atom stereocenters. The standard InChI is InChI=1S/C23H15Br2N3O3S/c1-31-23(30)19-18(13-4-8-15(25)9-5-13)16(11-26)20(27)28-21(29)17(32-22(19)28)10-12-2-6-14(24)7-3-12/h2-10,18H,27H2,1H3. The lowest BCUT2D eigenvalue weighted by molar-refractivity contribution is -0.134. The van der Waals surface area contributed by atoms with Crippen molar-refractivity contribution >= 4 is 66.6 Å². The summed E-state index contributed by atoms with van der Waals surface area (Å²) in [6.07, 6.45) is 1.73. The van der Waals surface area contributed by atoms with Crippen molar-refractivity contribution in [2.45, 2.75) is 5.92 Å². The van der Waals surface area contributed by atoms with E-state index in [0.29, 0.717) is 14.8 Å². The molecule has 0 spiro atoms. The lowest BCUT2D eigenvalue weighted by atomic mass is 9.84. The van der Waals surface area contributed by atoms with Gasteiger partial charge in [-0.2, -0.15) is 5.26 Å². The smallest absolute Gasteiger partial charge is 0.337 e. The van der Waals surface area contributed by atoms with Crippen LogP contribution in [0.15, 0.2) is 67.8 Å². The number of halogens is 2. The van der Waals surface area contributed by atoms with Crippen LogP contribution >= 0.6 is 43.2 Å². The van der Waals surface area contributed by atoms with E-state index in [1.165, 1.54) is 11.7 Å². The Hall–Kier alpha value is -2.93. The lowest BCUT2D eigenvalue weighted by Crippen LogP contribution is -2.40. The Morgan fingerprint density at radius 1 is 1.16 bits per heavy atom. The average molecular weight is 573 g/mol. The van der Waals surface area contributed by atoms with E-state index in [2.05, 4.69) is 37.9 Å². The highest BCUT2D eigenvalue weighted by molar-refractivity contribution is 9.10. The van der Waals surface area contributed by atoms with E-state index in [0.717, 1.165) is 25.8 Å². The van der Waals surface area contributed by atoms with Crippen molar-refractivity contribution in [2.75, 3.05) is 7.11 Å². The molecular formula is C23H15Br2N3O3S. The van der Waals surface area contributed by atoms with Gasteiger partial charge in [0, 0.05) is 8.95 Å². The van der Waals surface area contributed by atoms with Crippen molar-refractivity contribution < 1.29 is 9.53 Å². The number of ether oxygens (including phenoxy) is 1. The predicted octanol–water partition coefficient (Wildman–Crippen LogP) is 3.04. The molecule has 1 unspecified atom stereocenters. The summed E-state index contributed by atoms with van der Waals surface area (Å²) in [5.41, 5.74) is 7.76. The van der Waals surface area contributed by atoms with E-state index < -0.39 is 17.4 Å². The number of methoxy groups -OCH3 is 1. The van der Waals surface area contributed by atoms with Gasteiger partial charge >= 0.3 is 5.97 Å². The first-order chi connectivity index (χ1) is 15.3. The molecular weight excluding hydrogens is 558 g/mol. The zero-order valence-electron chi connectivity index (χ0n) is 16.6. The topological polar surface area (TPSA) is 98.1 Å². The number of rotatable bonds is 3. The number of allylic oxidation sites excluding steroid dienone is 1. The SMILES string of the molecule is COC(=O)C1=c2sc(=Cc3ccc(Br)cc3)c(=O)n2C(N)=C(C#N)C1c1ccc(Br)cc1. The second kappa shape index (κ2) is 8.90. The van der Waals surface area contributed by atoms with Crippen LogP contribution in [0, 0.1) is 11.3 Å². The highest BCUT2D eigenvalue weighted by Gasteiger charge is 2.36. The molecule has 9 heteroatoms. The Morgan fingerprint density at radius 3 is 2.31 bits per heavy atom. The van der Waals surface area contributed by atoms with E-state index in [4.69, 9.17) is 10.5 Å². The predicted molar refractivity (Wildman–Crippen MR) is 131 cm³/mol. The summed E-state index contributed by atoms with van der Waals surface area (Å²) in [4.78, 5) is 26.1. The number of fused-ring (bicyclic) bond motifs is 1. The molecule has 2 heterocycles. The van der Waals surface area contributed by atoms with Crippen molar-refractivity contribution in [1.29, 1.82) is 5.26 Å². The number of hydrogen-bond acceptors (Lipinski definition) is 6. The van der Waals surface area contributed by atoms with Crippen LogP contribution in [0.3, 0.4) is 0 Å². The van der Waals surface area contributed by atoms with Gasteiger partial charge in [-0.15, -0.1) is 11.3 Å². The molecule has 1 aromatic heterocycles. The minimum atomic E-state index is -0.751. The van der Waals surface area contributed by atoms with Crippen molar-refractivity contribution in [3.05, 3.63) is 93.7 Å². The van der Waals surface area contributed by atoms with Crippen molar-refractivity contribution in [1.82, 2.24) is 4.57 Å². The molecule has 0 fully saturated rings. The first-order valence-electron chi connectivity index (χ1n) is 9.33. The Kier molecular flexibility index (Phi) is 6.20.